The first-order chi connectivity index (χ1) is 32.3. The molecule has 7 atom stereocenters. The molecule has 0 radical (unpaired) electrons. The molecular weight excluding hydrogens is 827 g/mol. The third-order valence-electron chi connectivity index (χ3n) is 13.1. The highest BCUT2D eigenvalue weighted by Crippen LogP contribution is 2.23. The van der Waals surface area contributed by atoms with Crippen LogP contribution in [-0.4, -0.2) is 87.5 Å². The van der Waals surface area contributed by atoms with Crippen molar-refractivity contribution >= 4 is 5.91 Å². The van der Waals surface area contributed by atoms with Gasteiger partial charge in [0.05, 0.1) is 25.4 Å². The van der Waals surface area contributed by atoms with Gasteiger partial charge in [0.15, 0.2) is 6.29 Å². The van der Waals surface area contributed by atoms with Crippen molar-refractivity contribution < 1.29 is 39.8 Å². The number of nitrogens with one attached hydrogen (secondary N) is 1. The SMILES string of the molecule is CCCCCCCCCCCC/C=C\CCCCCCCCCC(=O)NC(COC1OC(CO)C(O)C(O)C1O)C(O)/C=C/CC/C=C/CC/C=C/CCCCCCCCCCCCCC. The maximum absolute atomic E-state index is 13.0. The maximum atomic E-state index is 13.0. The summed E-state index contributed by atoms with van der Waals surface area (Å²) in [5, 5.41) is 54.4. The van der Waals surface area contributed by atoms with Crippen LogP contribution in [-0.2, 0) is 14.3 Å². The lowest BCUT2D eigenvalue weighted by atomic mass is 9.99. The lowest BCUT2D eigenvalue weighted by Gasteiger charge is -2.40. The largest absolute Gasteiger partial charge is 0.394 e. The molecule has 0 spiro atoms. The van der Waals surface area contributed by atoms with E-state index in [-0.39, 0.29) is 12.5 Å². The van der Waals surface area contributed by atoms with Crippen molar-refractivity contribution in [3.8, 4) is 0 Å². The second kappa shape index (κ2) is 46.9. The van der Waals surface area contributed by atoms with E-state index < -0.39 is 49.5 Å². The summed E-state index contributed by atoms with van der Waals surface area (Å²) >= 11 is 0. The third-order valence-corrected chi connectivity index (χ3v) is 13.1. The van der Waals surface area contributed by atoms with Crippen LogP contribution in [0.1, 0.15) is 251 Å². The second-order valence-electron chi connectivity index (χ2n) is 19.4. The van der Waals surface area contributed by atoms with E-state index in [2.05, 4.69) is 55.6 Å². The number of carbonyl (C=O) groups is 1. The van der Waals surface area contributed by atoms with Gasteiger partial charge in [-0.05, 0) is 70.6 Å². The topological polar surface area (TPSA) is 149 Å². The molecule has 1 fully saturated rings. The number of carbonyl (C=O) groups excluding carboxylic acids is 1. The highest BCUT2D eigenvalue weighted by atomic mass is 16.7. The van der Waals surface area contributed by atoms with Crippen LogP contribution in [0.3, 0.4) is 0 Å². The monoisotopic (exact) mass is 932 g/mol. The molecule has 1 heterocycles. The minimum absolute atomic E-state index is 0.194. The van der Waals surface area contributed by atoms with Crippen LogP contribution in [0.25, 0.3) is 0 Å². The Balaban J connectivity index is 2.30. The zero-order chi connectivity index (χ0) is 48.0. The van der Waals surface area contributed by atoms with Crippen LogP contribution in [0.15, 0.2) is 48.6 Å². The Hall–Kier alpha value is -1.85. The molecule has 0 aromatic rings. The number of aliphatic hydroxyl groups is 5. The van der Waals surface area contributed by atoms with E-state index in [9.17, 15) is 30.3 Å². The zero-order valence-electron chi connectivity index (χ0n) is 42.7. The van der Waals surface area contributed by atoms with Crippen LogP contribution in [0.2, 0.25) is 0 Å². The van der Waals surface area contributed by atoms with E-state index in [0.29, 0.717) is 6.42 Å². The predicted octanol–water partition coefficient (Wildman–Crippen LogP) is 13.3. The molecule has 0 bridgehead atoms. The Morgan fingerprint density at radius 3 is 1.27 bits per heavy atom. The number of allylic oxidation sites excluding steroid dienone is 7. The predicted molar refractivity (Wildman–Crippen MR) is 276 cm³/mol. The van der Waals surface area contributed by atoms with Crippen LogP contribution < -0.4 is 5.32 Å². The van der Waals surface area contributed by atoms with Crippen LogP contribution in [0, 0.1) is 0 Å². The molecule has 9 nitrogen and oxygen atoms in total. The molecule has 1 saturated heterocycles. The van der Waals surface area contributed by atoms with Gasteiger partial charge in [0, 0.05) is 6.42 Å². The lowest BCUT2D eigenvalue weighted by molar-refractivity contribution is -0.302. The quantitative estimate of drug-likeness (QED) is 0.0261. The number of rotatable bonds is 47. The van der Waals surface area contributed by atoms with Crippen LogP contribution in [0.4, 0.5) is 0 Å². The summed E-state index contributed by atoms with van der Waals surface area (Å²) in [6.45, 7) is 3.77. The van der Waals surface area contributed by atoms with E-state index in [1.165, 1.54) is 173 Å². The molecular formula is C57H105NO8. The van der Waals surface area contributed by atoms with Crippen molar-refractivity contribution in [3.05, 3.63) is 48.6 Å². The molecule has 7 unspecified atom stereocenters. The Kier molecular flexibility index (Phi) is 44.1. The van der Waals surface area contributed by atoms with E-state index in [1.54, 1.807) is 6.08 Å². The van der Waals surface area contributed by atoms with Gasteiger partial charge in [-0.25, -0.2) is 0 Å². The first kappa shape index (κ1) is 62.2. The Bertz CT molecular complexity index is 1170. The fourth-order valence-corrected chi connectivity index (χ4v) is 8.65. The molecule has 1 aliphatic rings. The van der Waals surface area contributed by atoms with Crippen molar-refractivity contribution in [2.24, 2.45) is 0 Å². The first-order valence-corrected chi connectivity index (χ1v) is 27.9. The van der Waals surface area contributed by atoms with Gasteiger partial charge in [0.2, 0.25) is 5.91 Å². The second-order valence-corrected chi connectivity index (χ2v) is 19.4. The summed E-state index contributed by atoms with van der Waals surface area (Å²) in [6, 6.07) is -0.831. The Labute approximate surface area is 405 Å². The molecule has 0 aromatic carbocycles. The number of aliphatic hydroxyl groups excluding tert-OH is 5. The molecule has 1 aliphatic heterocycles. The molecule has 386 valence electrons. The van der Waals surface area contributed by atoms with Crippen LogP contribution >= 0.6 is 0 Å². The number of ether oxygens (including phenoxy) is 2. The minimum Gasteiger partial charge on any atom is -0.394 e. The van der Waals surface area contributed by atoms with Crippen molar-refractivity contribution in [2.45, 2.75) is 294 Å². The van der Waals surface area contributed by atoms with Crippen molar-refractivity contribution in [3.63, 3.8) is 0 Å². The number of hydrogen-bond acceptors (Lipinski definition) is 8. The van der Waals surface area contributed by atoms with E-state index in [4.69, 9.17) is 9.47 Å². The molecule has 9 heteroatoms. The number of unbranched alkanes of at least 4 members (excludes halogenated alkanes) is 31. The molecule has 0 saturated carbocycles. The van der Waals surface area contributed by atoms with Crippen molar-refractivity contribution in [1.29, 1.82) is 0 Å². The summed E-state index contributed by atoms with van der Waals surface area (Å²) in [5.41, 5.74) is 0. The van der Waals surface area contributed by atoms with Crippen molar-refractivity contribution in [1.82, 2.24) is 5.32 Å². The van der Waals surface area contributed by atoms with Gasteiger partial charge in [-0.2, -0.15) is 0 Å². The summed E-state index contributed by atoms with van der Waals surface area (Å²) in [7, 11) is 0. The fraction of sp³-hybridized carbons (Fsp3) is 0.842. The maximum Gasteiger partial charge on any atom is 0.220 e. The number of amides is 1. The van der Waals surface area contributed by atoms with E-state index in [0.717, 1.165) is 57.8 Å². The summed E-state index contributed by atoms with van der Waals surface area (Å²) in [5.74, 6) is -0.194. The summed E-state index contributed by atoms with van der Waals surface area (Å²) in [4.78, 5) is 13.0. The fourth-order valence-electron chi connectivity index (χ4n) is 8.65. The normalized spacial score (nSPS) is 20.1. The smallest absolute Gasteiger partial charge is 0.220 e. The van der Waals surface area contributed by atoms with Gasteiger partial charge in [-0.1, -0.05) is 223 Å². The molecule has 0 aliphatic carbocycles. The van der Waals surface area contributed by atoms with Gasteiger partial charge in [-0.3, -0.25) is 4.79 Å². The standard InChI is InChI=1S/C57H105NO8/c1-3-5-7-9-11-13-15-17-19-21-23-25-27-28-30-32-34-36-38-40-42-44-46-51(60)50(49-65-57-56(64)55(63)54(62)52(48-59)66-57)58-53(61)47-45-43-41-39-37-35-33-31-29-26-24-22-20-18-16-14-12-10-8-6-4-2/h26,28-30,36,38,44,46,50-52,54-57,59-60,62-64H,3-25,27,31-35,37,39-43,45,47-49H2,1-2H3,(H,58,61)/b29-26-,30-28+,38-36+,46-44+. The van der Waals surface area contributed by atoms with Crippen LogP contribution in [0.5, 0.6) is 0 Å². The summed E-state index contributed by atoms with van der Waals surface area (Å²) < 4.78 is 11.2. The van der Waals surface area contributed by atoms with E-state index >= 15 is 0 Å². The summed E-state index contributed by atoms with van der Waals surface area (Å²) in [6.07, 6.45) is 54.6. The zero-order valence-corrected chi connectivity index (χ0v) is 42.7. The first-order valence-electron chi connectivity index (χ1n) is 27.9. The molecule has 1 amide bonds. The molecule has 1 rings (SSSR count). The van der Waals surface area contributed by atoms with Gasteiger partial charge in [-0.15, -0.1) is 0 Å². The van der Waals surface area contributed by atoms with Crippen molar-refractivity contribution in [2.75, 3.05) is 13.2 Å². The van der Waals surface area contributed by atoms with Gasteiger partial charge in [0.25, 0.3) is 0 Å². The highest BCUT2D eigenvalue weighted by molar-refractivity contribution is 5.76. The third kappa shape index (κ3) is 36.2. The Morgan fingerprint density at radius 2 is 0.864 bits per heavy atom. The van der Waals surface area contributed by atoms with E-state index in [1.807, 2.05) is 6.08 Å². The van der Waals surface area contributed by atoms with Gasteiger partial charge in [0.1, 0.15) is 24.4 Å². The van der Waals surface area contributed by atoms with Gasteiger partial charge >= 0.3 is 0 Å². The average molecular weight is 932 g/mol. The Morgan fingerprint density at radius 1 is 0.500 bits per heavy atom. The highest BCUT2D eigenvalue weighted by Gasteiger charge is 2.44. The number of hydrogen-bond donors (Lipinski definition) is 6. The minimum atomic E-state index is -1.58. The van der Waals surface area contributed by atoms with Gasteiger partial charge < -0.3 is 40.3 Å². The molecule has 66 heavy (non-hydrogen) atoms. The molecule has 6 N–H and O–H groups in total. The average Bonchev–Trinajstić information content (AvgIpc) is 3.32. The lowest BCUT2D eigenvalue weighted by Crippen LogP contribution is -2.60. The molecule has 0 aromatic heterocycles.